The minimum Gasteiger partial charge on any atom is -0.394 e. The number of aliphatic hydroxyl groups excluding tert-OH is 2. The Balaban J connectivity index is 2.71. The molecule has 0 saturated carbocycles. The van der Waals surface area contributed by atoms with Gasteiger partial charge in [0.25, 0.3) is 5.69 Å². The molecule has 0 bridgehead atoms. The molecule has 0 aromatic heterocycles. The summed E-state index contributed by atoms with van der Waals surface area (Å²) in [5, 5.41) is 30.9. The summed E-state index contributed by atoms with van der Waals surface area (Å²) in [4.78, 5) is 21.9. The quantitative estimate of drug-likeness (QED) is 0.502. The van der Waals surface area contributed by atoms with Crippen LogP contribution >= 0.6 is 0 Å². The van der Waals surface area contributed by atoms with E-state index in [0.29, 0.717) is 5.56 Å². The highest BCUT2D eigenvalue weighted by molar-refractivity contribution is 5.83. The fourth-order valence-electron chi connectivity index (χ4n) is 1.50. The normalized spacial score (nSPS) is 13.6. The average molecular weight is 268 g/mol. The Hall–Kier alpha value is -1.99. The molecule has 1 rings (SSSR count). The molecule has 2 atom stereocenters. The van der Waals surface area contributed by atoms with Crippen molar-refractivity contribution in [3.8, 4) is 0 Å². The number of carbonyl (C=O) groups excluding carboxylic acids is 1. The molecule has 0 fully saturated rings. The van der Waals surface area contributed by atoms with Gasteiger partial charge in [0.15, 0.2) is 0 Å². The SMILES string of the molecule is CC(C(=O)NCC(O)CO)c1cccc([N+](=O)[O-])c1. The molecule has 1 amide bonds. The lowest BCUT2D eigenvalue weighted by Gasteiger charge is -2.14. The number of amides is 1. The van der Waals surface area contributed by atoms with E-state index in [1.165, 1.54) is 18.2 Å². The maximum absolute atomic E-state index is 11.8. The number of nitrogens with one attached hydrogen (secondary N) is 1. The van der Waals surface area contributed by atoms with Crippen LogP contribution in [0.25, 0.3) is 0 Å². The number of nitro benzene ring substituents is 1. The van der Waals surface area contributed by atoms with E-state index in [0.717, 1.165) is 0 Å². The Bertz CT molecular complexity index is 463. The summed E-state index contributed by atoms with van der Waals surface area (Å²) in [6.45, 7) is 1.11. The Morgan fingerprint density at radius 1 is 1.53 bits per heavy atom. The molecule has 1 aromatic carbocycles. The topological polar surface area (TPSA) is 113 Å². The van der Waals surface area contributed by atoms with Crippen molar-refractivity contribution in [1.29, 1.82) is 0 Å². The Labute approximate surface area is 110 Å². The van der Waals surface area contributed by atoms with Crippen LogP contribution in [0.5, 0.6) is 0 Å². The van der Waals surface area contributed by atoms with Crippen LogP contribution in [0.4, 0.5) is 5.69 Å². The monoisotopic (exact) mass is 268 g/mol. The zero-order chi connectivity index (χ0) is 14.4. The number of rotatable bonds is 6. The maximum atomic E-state index is 11.8. The molecule has 19 heavy (non-hydrogen) atoms. The van der Waals surface area contributed by atoms with Gasteiger partial charge in [-0.15, -0.1) is 0 Å². The van der Waals surface area contributed by atoms with Gasteiger partial charge < -0.3 is 15.5 Å². The van der Waals surface area contributed by atoms with Crippen molar-refractivity contribution in [2.75, 3.05) is 13.2 Å². The third-order valence-corrected chi connectivity index (χ3v) is 2.70. The largest absolute Gasteiger partial charge is 0.394 e. The average Bonchev–Trinajstić information content (AvgIpc) is 2.43. The fourth-order valence-corrected chi connectivity index (χ4v) is 1.50. The third-order valence-electron chi connectivity index (χ3n) is 2.70. The lowest BCUT2D eigenvalue weighted by Crippen LogP contribution is -2.36. The summed E-state index contributed by atoms with van der Waals surface area (Å²) in [6.07, 6.45) is -1.01. The van der Waals surface area contributed by atoms with Crippen LogP contribution in [0.15, 0.2) is 24.3 Å². The van der Waals surface area contributed by atoms with Crippen molar-refractivity contribution in [1.82, 2.24) is 5.32 Å². The first kappa shape index (κ1) is 15.1. The van der Waals surface area contributed by atoms with E-state index in [9.17, 15) is 14.9 Å². The highest BCUT2D eigenvalue weighted by atomic mass is 16.6. The van der Waals surface area contributed by atoms with E-state index in [2.05, 4.69) is 5.32 Å². The zero-order valence-corrected chi connectivity index (χ0v) is 10.4. The van der Waals surface area contributed by atoms with Gasteiger partial charge in [-0.1, -0.05) is 12.1 Å². The zero-order valence-electron chi connectivity index (χ0n) is 10.4. The van der Waals surface area contributed by atoms with Crippen LogP contribution in [0.3, 0.4) is 0 Å². The van der Waals surface area contributed by atoms with Crippen LogP contribution in [0.2, 0.25) is 0 Å². The smallest absolute Gasteiger partial charge is 0.269 e. The highest BCUT2D eigenvalue weighted by Crippen LogP contribution is 2.20. The second-order valence-corrected chi connectivity index (χ2v) is 4.16. The van der Waals surface area contributed by atoms with E-state index < -0.39 is 23.6 Å². The predicted molar refractivity (Wildman–Crippen MR) is 67.6 cm³/mol. The molecule has 0 saturated heterocycles. The molecule has 0 radical (unpaired) electrons. The summed E-state index contributed by atoms with van der Waals surface area (Å²) in [6, 6.07) is 5.83. The number of aliphatic hydroxyl groups is 2. The second kappa shape index (κ2) is 6.81. The molecule has 0 spiro atoms. The van der Waals surface area contributed by atoms with Gasteiger partial charge in [-0.3, -0.25) is 14.9 Å². The molecule has 0 heterocycles. The van der Waals surface area contributed by atoms with Crippen LogP contribution in [-0.2, 0) is 4.79 Å². The van der Waals surface area contributed by atoms with E-state index in [1.54, 1.807) is 13.0 Å². The summed E-state index contributed by atoms with van der Waals surface area (Å²) in [5.74, 6) is -0.946. The predicted octanol–water partition coefficient (Wildman–Crippen LogP) is 0.168. The lowest BCUT2D eigenvalue weighted by molar-refractivity contribution is -0.384. The van der Waals surface area contributed by atoms with Gasteiger partial charge in [0.05, 0.1) is 23.6 Å². The molecule has 0 aliphatic carbocycles. The summed E-state index contributed by atoms with van der Waals surface area (Å²) < 4.78 is 0. The standard InChI is InChI=1S/C12H16N2O5/c1-8(12(17)13-6-11(16)7-15)9-3-2-4-10(5-9)14(18)19/h2-5,8,11,15-16H,6-7H2,1H3,(H,13,17). The molecule has 7 nitrogen and oxygen atoms in total. The molecule has 0 aliphatic heterocycles. The van der Waals surface area contributed by atoms with Crippen molar-refractivity contribution in [3.05, 3.63) is 39.9 Å². The van der Waals surface area contributed by atoms with Gasteiger partial charge in [0.2, 0.25) is 5.91 Å². The number of benzene rings is 1. The van der Waals surface area contributed by atoms with E-state index >= 15 is 0 Å². The molecule has 1 aromatic rings. The van der Waals surface area contributed by atoms with Crippen LogP contribution in [-0.4, -0.2) is 40.3 Å². The number of nitrogens with zero attached hydrogens (tertiary/aromatic N) is 1. The minimum atomic E-state index is -1.01. The first-order valence-corrected chi connectivity index (χ1v) is 5.76. The van der Waals surface area contributed by atoms with Crippen molar-refractivity contribution in [3.63, 3.8) is 0 Å². The maximum Gasteiger partial charge on any atom is 0.269 e. The molecule has 7 heteroatoms. The van der Waals surface area contributed by atoms with Crippen molar-refractivity contribution >= 4 is 11.6 Å². The molecule has 104 valence electrons. The second-order valence-electron chi connectivity index (χ2n) is 4.16. The molecule has 2 unspecified atom stereocenters. The van der Waals surface area contributed by atoms with Crippen LogP contribution in [0, 0.1) is 10.1 Å². The Kier molecular flexibility index (Phi) is 5.40. The number of hydrogen-bond acceptors (Lipinski definition) is 5. The number of carbonyl (C=O) groups is 1. The lowest BCUT2D eigenvalue weighted by atomic mass is 10.00. The van der Waals surface area contributed by atoms with Gasteiger partial charge in [-0.25, -0.2) is 0 Å². The first-order valence-electron chi connectivity index (χ1n) is 5.76. The van der Waals surface area contributed by atoms with Crippen molar-refractivity contribution in [2.45, 2.75) is 18.9 Å². The highest BCUT2D eigenvalue weighted by Gasteiger charge is 2.18. The fraction of sp³-hybridized carbons (Fsp3) is 0.417. The van der Waals surface area contributed by atoms with E-state index in [4.69, 9.17) is 10.2 Å². The van der Waals surface area contributed by atoms with Gasteiger partial charge in [-0.05, 0) is 12.5 Å². The summed E-state index contributed by atoms with van der Waals surface area (Å²) in [7, 11) is 0. The third kappa shape index (κ3) is 4.31. The van der Waals surface area contributed by atoms with Gasteiger partial charge in [-0.2, -0.15) is 0 Å². The van der Waals surface area contributed by atoms with E-state index in [-0.39, 0.29) is 18.1 Å². The Morgan fingerprint density at radius 3 is 2.79 bits per heavy atom. The van der Waals surface area contributed by atoms with Crippen molar-refractivity contribution < 1.29 is 19.9 Å². The Morgan fingerprint density at radius 2 is 2.21 bits per heavy atom. The number of non-ortho nitro benzene ring substituents is 1. The van der Waals surface area contributed by atoms with E-state index in [1.807, 2.05) is 0 Å². The van der Waals surface area contributed by atoms with Gasteiger partial charge in [0, 0.05) is 18.7 Å². The van der Waals surface area contributed by atoms with Crippen LogP contribution in [0.1, 0.15) is 18.4 Å². The minimum absolute atomic E-state index is 0.0609. The summed E-state index contributed by atoms with van der Waals surface area (Å²) >= 11 is 0. The van der Waals surface area contributed by atoms with Crippen molar-refractivity contribution in [2.24, 2.45) is 0 Å². The van der Waals surface area contributed by atoms with Gasteiger partial charge in [0.1, 0.15) is 0 Å². The molecular formula is C12H16N2O5. The van der Waals surface area contributed by atoms with Gasteiger partial charge >= 0.3 is 0 Å². The first-order chi connectivity index (χ1) is 8.95. The summed E-state index contributed by atoms with van der Waals surface area (Å²) in [5.41, 5.74) is 0.442. The van der Waals surface area contributed by atoms with Crippen LogP contribution < -0.4 is 5.32 Å². The molecular weight excluding hydrogens is 252 g/mol. The number of hydrogen-bond donors (Lipinski definition) is 3. The number of nitro groups is 1. The molecule has 3 N–H and O–H groups in total. The molecule has 0 aliphatic rings.